The minimum Gasteiger partial charge on any atom is -0.493 e. The lowest BCUT2D eigenvalue weighted by Crippen LogP contribution is -2.31. The Bertz CT molecular complexity index is 1320. The molecule has 1 saturated heterocycles. The number of primary amides is 1. The van der Waals surface area contributed by atoms with E-state index in [2.05, 4.69) is 5.32 Å². The summed E-state index contributed by atoms with van der Waals surface area (Å²) in [7, 11) is 3.02. The lowest BCUT2D eigenvalue weighted by Gasteiger charge is -2.15. The van der Waals surface area contributed by atoms with E-state index in [0.29, 0.717) is 34.0 Å². The number of benzene rings is 3. The summed E-state index contributed by atoms with van der Waals surface area (Å²) in [5, 5.41) is 2.24. The molecule has 1 aliphatic heterocycles. The maximum absolute atomic E-state index is 12.9. The average Bonchev–Trinajstić information content (AvgIpc) is 3.16. The van der Waals surface area contributed by atoms with Gasteiger partial charge in [-0.3, -0.25) is 19.2 Å². The average molecular weight is 506 g/mol. The second kappa shape index (κ2) is 10.5. The molecular formula is C26H23N3O6S. The van der Waals surface area contributed by atoms with Gasteiger partial charge in [-0.2, -0.15) is 0 Å². The van der Waals surface area contributed by atoms with Crippen LogP contribution in [0.2, 0.25) is 0 Å². The van der Waals surface area contributed by atoms with E-state index < -0.39 is 11.2 Å². The first-order valence-electron chi connectivity index (χ1n) is 10.9. The van der Waals surface area contributed by atoms with Gasteiger partial charge in [-0.05, 0) is 66.7 Å². The summed E-state index contributed by atoms with van der Waals surface area (Å²) in [5.41, 5.74) is 6.92. The van der Waals surface area contributed by atoms with Crippen LogP contribution in [0.15, 0.2) is 71.6 Å². The van der Waals surface area contributed by atoms with Gasteiger partial charge < -0.3 is 20.5 Å². The molecular weight excluding hydrogens is 482 g/mol. The number of imide groups is 1. The smallest absolute Gasteiger partial charge is 0.255 e. The maximum Gasteiger partial charge on any atom is 0.255 e. The molecule has 3 N–H and O–H groups in total. The van der Waals surface area contributed by atoms with Crippen molar-refractivity contribution in [1.29, 1.82) is 0 Å². The van der Waals surface area contributed by atoms with Crippen molar-refractivity contribution in [3.8, 4) is 11.5 Å². The summed E-state index contributed by atoms with van der Waals surface area (Å²) in [6.07, 6.45) is 0.0544. The molecule has 4 rings (SSSR count). The Morgan fingerprint density at radius 3 is 2.17 bits per heavy atom. The molecule has 1 fully saturated rings. The molecule has 1 unspecified atom stereocenters. The summed E-state index contributed by atoms with van der Waals surface area (Å²) in [4.78, 5) is 51.2. The van der Waals surface area contributed by atoms with Gasteiger partial charge in [0.15, 0.2) is 11.5 Å². The maximum atomic E-state index is 12.9. The van der Waals surface area contributed by atoms with Crippen molar-refractivity contribution in [3.63, 3.8) is 0 Å². The van der Waals surface area contributed by atoms with E-state index in [1.54, 1.807) is 42.5 Å². The van der Waals surface area contributed by atoms with Crippen molar-refractivity contribution in [2.75, 3.05) is 24.4 Å². The van der Waals surface area contributed by atoms with Gasteiger partial charge in [0.1, 0.15) is 0 Å². The Hall–Kier alpha value is -4.31. The van der Waals surface area contributed by atoms with Crippen LogP contribution in [0, 0.1) is 0 Å². The lowest BCUT2D eigenvalue weighted by atomic mass is 10.2. The fraction of sp³-hybridized carbons (Fsp3) is 0.154. The van der Waals surface area contributed by atoms with Crippen LogP contribution in [0.1, 0.15) is 27.1 Å². The molecule has 3 aromatic carbocycles. The van der Waals surface area contributed by atoms with E-state index in [1.165, 1.54) is 50.2 Å². The number of hydrogen-bond acceptors (Lipinski definition) is 7. The number of amides is 4. The lowest BCUT2D eigenvalue weighted by molar-refractivity contribution is -0.121. The van der Waals surface area contributed by atoms with Crippen LogP contribution in [0.4, 0.5) is 11.4 Å². The molecule has 9 nitrogen and oxygen atoms in total. The number of hydrogen-bond donors (Lipinski definition) is 2. The van der Waals surface area contributed by atoms with Crippen molar-refractivity contribution < 1.29 is 28.7 Å². The van der Waals surface area contributed by atoms with Crippen molar-refractivity contribution >= 4 is 46.8 Å². The van der Waals surface area contributed by atoms with Crippen LogP contribution in [0.5, 0.6) is 11.5 Å². The highest BCUT2D eigenvalue weighted by molar-refractivity contribution is 8.00. The zero-order chi connectivity index (χ0) is 25.8. The molecule has 0 aliphatic carbocycles. The molecule has 1 aliphatic rings. The standard InChI is InChI=1S/C26H23N3O6S/c1-34-20-12-5-16(13-21(20)35-2)25(32)28-17-6-10-19(11-7-17)36-22-14-23(30)29(26(22)33)18-8-3-15(4-9-18)24(27)31/h3-13,22H,14H2,1-2H3,(H2,27,31)(H,28,32). The van der Waals surface area contributed by atoms with Gasteiger partial charge in [0.05, 0.1) is 25.2 Å². The SMILES string of the molecule is COc1ccc(C(=O)Nc2ccc(SC3CC(=O)N(c4ccc(C(N)=O)cc4)C3=O)cc2)cc1OC. The number of anilines is 2. The first-order chi connectivity index (χ1) is 17.3. The number of rotatable bonds is 8. The predicted octanol–water partition coefficient (Wildman–Crippen LogP) is 3.48. The Morgan fingerprint density at radius 2 is 1.56 bits per heavy atom. The Balaban J connectivity index is 1.40. The number of nitrogens with two attached hydrogens (primary N) is 1. The first-order valence-corrected chi connectivity index (χ1v) is 11.8. The van der Waals surface area contributed by atoms with Crippen molar-refractivity contribution in [1.82, 2.24) is 0 Å². The van der Waals surface area contributed by atoms with E-state index in [9.17, 15) is 19.2 Å². The summed E-state index contributed by atoms with van der Waals surface area (Å²) < 4.78 is 10.4. The summed E-state index contributed by atoms with van der Waals surface area (Å²) in [5.74, 6) is -0.573. The third-order valence-electron chi connectivity index (χ3n) is 5.55. The summed E-state index contributed by atoms with van der Waals surface area (Å²) in [6.45, 7) is 0. The van der Waals surface area contributed by atoms with Gasteiger partial charge in [-0.15, -0.1) is 11.8 Å². The summed E-state index contributed by atoms with van der Waals surface area (Å²) in [6, 6.07) is 17.9. The zero-order valence-corrected chi connectivity index (χ0v) is 20.3. The molecule has 0 saturated carbocycles. The molecule has 36 heavy (non-hydrogen) atoms. The largest absolute Gasteiger partial charge is 0.493 e. The molecule has 1 heterocycles. The topological polar surface area (TPSA) is 128 Å². The van der Waals surface area contributed by atoms with Crippen LogP contribution in [-0.4, -0.2) is 43.1 Å². The Kier molecular flexibility index (Phi) is 7.25. The van der Waals surface area contributed by atoms with Gasteiger partial charge in [0, 0.05) is 28.1 Å². The third kappa shape index (κ3) is 5.18. The quantitative estimate of drug-likeness (QED) is 0.449. The summed E-state index contributed by atoms with van der Waals surface area (Å²) >= 11 is 1.27. The second-order valence-electron chi connectivity index (χ2n) is 7.84. The number of nitrogens with zero attached hydrogens (tertiary/aromatic N) is 1. The number of thioether (sulfide) groups is 1. The first kappa shape index (κ1) is 24.8. The Morgan fingerprint density at radius 1 is 0.917 bits per heavy atom. The second-order valence-corrected chi connectivity index (χ2v) is 9.11. The monoisotopic (exact) mass is 505 g/mol. The van der Waals surface area contributed by atoms with Crippen molar-refractivity contribution in [2.24, 2.45) is 5.73 Å². The number of carbonyl (C=O) groups excluding carboxylic acids is 4. The fourth-order valence-electron chi connectivity index (χ4n) is 3.70. The van der Waals surface area contributed by atoms with Gasteiger partial charge >= 0.3 is 0 Å². The third-order valence-corrected chi connectivity index (χ3v) is 6.75. The number of methoxy groups -OCH3 is 2. The molecule has 3 aromatic rings. The number of nitrogens with one attached hydrogen (secondary N) is 1. The van der Waals surface area contributed by atoms with Gasteiger partial charge in [-0.1, -0.05) is 0 Å². The van der Waals surface area contributed by atoms with E-state index in [1.807, 2.05) is 0 Å². The highest BCUT2D eigenvalue weighted by Crippen LogP contribution is 2.34. The minimum atomic E-state index is -0.586. The van der Waals surface area contributed by atoms with E-state index >= 15 is 0 Å². The van der Waals surface area contributed by atoms with E-state index in [4.69, 9.17) is 15.2 Å². The van der Waals surface area contributed by atoms with Crippen LogP contribution in [-0.2, 0) is 9.59 Å². The molecule has 1 atom stereocenters. The number of carbonyl (C=O) groups is 4. The van der Waals surface area contributed by atoms with Crippen LogP contribution in [0.3, 0.4) is 0 Å². The molecule has 184 valence electrons. The highest BCUT2D eigenvalue weighted by Gasteiger charge is 2.40. The van der Waals surface area contributed by atoms with Crippen molar-refractivity contribution in [3.05, 3.63) is 77.9 Å². The minimum absolute atomic E-state index is 0.0544. The Labute approximate surface area is 211 Å². The molecule has 10 heteroatoms. The normalized spacial score (nSPS) is 15.1. The van der Waals surface area contributed by atoms with Crippen molar-refractivity contribution in [2.45, 2.75) is 16.6 Å². The van der Waals surface area contributed by atoms with Gasteiger partial charge in [0.2, 0.25) is 17.7 Å². The molecule has 0 radical (unpaired) electrons. The molecule has 4 amide bonds. The van der Waals surface area contributed by atoms with E-state index in [0.717, 1.165) is 9.80 Å². The van der Waals surface area contributed by atoms with E-state index in [-0.39, 0.29) is 24.1 Å². The van der Waals surface area contributed by atoms with Crippen LogP contribution in [0.25, 0.3) is 0 Å². The highest BCUT2D eigenvalue weighted by atomic mass is 32.2. The molecule has 0 bridgehead atoms. The zero-order valence-electron chi connectivity index (χ0n) is 19.5. The van der Waals surface area contributed by atoms with Crippen LogP contribution < -0.4 is 25.4 Å². The fourth-order valence-corrected chi connectivity index (χ4v) is 4.76. The predicted molar refractivity (Wildman–Crippen MR) is 136 cm³/mol. The van der Waals surface area contributed by atoms with Gasteiger partial charge in [0.25, 0.3) is 5.91 Å². The molecule has 0 aromatic heterocycles. The number of ether oxygens (including phenoxy) is 2. The molecule has 0 spiro atoms. The van der Waals surface area contributed by atoms with Crippen LogP contribution >= 0.6 is 11.8 Å². The van der Waals surface area contributed by atoms with Gasteiger partial charge in [-0.25, -0.2) is 4.90 Å².